The molecule has 0 radical (unpaired) electrons. The van der Waals surface area contributed by atoms with Gasteiger partial charge in [0, 0.05) is 19.9 Å². The first-order valence-corrected chi connectivity index (χ1v) is 7.91. The third-order valence-corrected chi connectivity index (χ3v) is 4.57. The first-order chi connectivity index (χ1) is 9.11. The summed E-state index contributed by atoms with van der Waals surface area (Å²) in [5.74, 6) is 0.872. The lowest BCUT2D eigenvalue weighted by Gasteiger charge is -2.15. The number of rotatable bonds is 4. The lowest BCUT2D eigenvalue weighted by atomic mass is 10.0. The molecule has 0 bridgehead atoms. The molecular formula is C15H13Br2ClO. The van der Waals surface area contributed by atoms with Crippen molar-refractivity contribution in [3.05, 3.63) is 63.1 Å². The van der Waals surface area contributed by atoms with E-state index in [9.17, 15) is 0 Å². The Kier molecular flexibility index (Phi) is 5.31. The lowest BCUT2D eigenvalue weighted by molar-refractivity contribution is 0.409. The minimum atomic E-state index is 0.153. The highest BCUT2D eigenvalue weighted by molar-refractivity contribution is 9.10. The smallest absolute Gasteiger partial charge is 0.123 e. The summed E-state index contributed by atoms with van der Waals surface area (Å²) in [6, 6.07) is 13.9. The van der Waals surface area contributed by atoms with Crippen LogP contribution >= 0.6 is 43.5 Å². The van der Waals surface area contributed by atoms with Gasteiger partial charge in [0.25, 0.3) is 0 Å². The summed E-state index contributed by atoms with van der Waals surface area (Å²) in [7, 11) is 1.68. The van der Waals surface area contributed by atoms with E-state index in [2.05, 4.69) is 37.9 Å². The molecule has 0 amide bonds. The van der Waals surface area contributed by atoms with Crippen LogP contribution in [0.4, 0.5) is 0 Å². The van der Waals surface area contributed by atoms with Crippen molar-refractivity contribution in [2.75, 3.05) is 7.11 Å². The van der Waals surface area contributed by atoms with E-state index in [1.165, 1.54) is 0 Å². The minimum absolute atomic E-state index is 0.153. The SMILES string of the molecule is COc1ccc(Br)cc1C(Br)Cc1ccccc1Cl. The van der Waals surface area contributed by atoms with Crippen LogP contribution in [0.25, 0.3) is 0 Å². The monoisotopic (exact) mass is 402 g/mol. The van der Waals surface area contributed by atoms with Crippen molar-refractivity contribution < 1.29 is 4.74 Å². The molecule has 0 heterocycles. The van der Waals surface area contributed by atoms with Crippen LogP contribution in [0.2, 0.25) is 5.02 Å². The van der Waals surface area contributed by atoms with Gasteiger partial charge in [-0.3, -0.25) is 0 Å². The minimum Gasteiger partial charge on any atom is -0.496 e. The van der Waals surface area contributed by atoms with Crippen LogP contribution in [-0.4, -0.2) is 7.11 Å². The first-order valence-electron chi connectivity index (χ1n) is 5.82. The number of alkyl halides is 1. The fourth-order valence-electron chi connectivity index (χ4n) is 1.92. The lowest BCUT2D eigenvalue weighted by Crippen LogP contribution is -1.99. The highest BCUT2D eigenvalue weighted by atomic mass is 79.9. The fourth-order valence-corrected chi connectivity index (χ4v) is 3.22. The molecule has 0 saturated heterocycles. The van der Waals surface area contributed by atoms with Crippen LogP contribution in [-0.2, 0) is 6.42 Å². The Bertz CT molecular complexity index is 572. The molecule has 0 spiro atoms. The van der Waals surface area contributed by atoms with E-state index in [0.29, 0.717) is 0 Å². The molecule has 100 valence electrons. The van der Waals surface area contributed by atoms with Gasteiger partial charge in [0.05, 0.1) is 7.11 Å². The standard InChI is InChI=1S/C15H13Br2ClO/c1-19-15-7-6-11(16)9-12(15)13(17)8-10-4-2-3-5-14(10)18/h2-7,9,13H,8H2,1H3. The van der Waals surface area contributed by atoms with Gasteiger partial charge in [0.2, 0.25) is 0 Å². The number of methoxy groups -OCH3 is 1. The first kappa shape index (κ1) is 14.9. The van der Waals surface area contributed by atoms with Crippen molar-refractivity contribution >= 4 is 43.5 Å². The van der Waals surface area contributed by atoms with Crippen LogP contribution < -0.4 is 4.74 Å². The van der Waals surface area contributed by atoms with Crippen molar-refractivity contribution in [2.24, 2.45) is 0 Å². The molecule has 2 aromatic carbocycles. The quantitative estimate of drug-likeness (QED) is 0.586. The Morgan fingerprint density at radius 1 is 1.21 bits per heavy atom. The van der Waals surface area contributed by atoms with Gasteiger partial charge in [-0.05, 0) is 36.2 Å². The Balaban J connectivity index is 2.27. The maximum absolute atomic E-state index is 6.20. The molecule has 0 saturated carbocycles. The number of hydrogen-bond donors (Lipinski definition) is 0. The third kappa shape index (κ3) is 3.74. The van der Waals surface area contributed by atoms with Crippen molar-refractivity contribution in [2.45, 2.75) is 11.2 Å². The van der Waals surface area contributed by atoms with E-state index in [4.69, 9.17) is 16.3 Å². The molecule has 1 atom stereocenters. The Morgan fingerprint density at radius 3 is 2.63 bits per heavy atom. The summed E-state index contributed by atoms with van der Waals surface area (Å²) in [6.45, 7) is 0. The van der Waals surface area contributed by atoms with Crippen LogP contribution in [0.3, 0.4) is 0 Å². The number of hydrogen-bond acceptors (Lipinski definition) is 1. The van der Waals surface area contributed by atoms with Crippen molar-refractivity contribution in [3.63, 3.8) is 0 Å². The molecule has 2 rings (SSSR count). The predicted octanol–water partition coefficient (Wildman–Crippen LogP) is 5.79. The molecule has 2 aromatic rings. The van der Waals surface area contributed by atoms with Gasteiger partial charge in [0.1, 0.15) is 5.75 Å². The van der Waals surface area contributed by atoms with Gasteiger partial charge in [0.15, 0.2) is 0 Å². The Labute approximate surface area is 135 Å². The van der Waals surface area contributed by atoms with Gasteiger partial charge in [-0.2, -0.15) is 0 Å². The molecule has 0 aliphatic carbocycles. The van der Waals surface area contributed by atoms with E-state index in [0.717, 1.165) is 32.8 Å². The second-order valence-corrected chi connectivity index (χ2v) is 6.58. The van der Waals surface area contributed by atoms with E-state index >= 15 is 0 Å². The summed E-state index contributed by atoms with van der Waals surface area (Å²) < 4.78 is 6.44. The van der Waals surface area contributed by atoms with E-state index in [1.807, 2.05) is 36.4 Å². The zero-order valence-corrected chi connectivity index (χ0v) is 14.3. The normalized spacial score (nSPS) is 12.2. The molecule has 0 aliphatic heterocycles. The maximum Gasteiger partial charge on any atom is 0.123 e. The zero-order chi connectivity index (χ0) is 13.8. The molecular weight excluding hydrogens is 391 g/mol. The summed E-state index contributed by atoms with van der Waals surface area (Å²) in [4.78, 5) is 0.153. The van der Waals surface area contributed by atoms with Gasteiger partial charge >= 0.3 is 0 Å². The highest BCUT2D eigenvalue weighted by Crippen LogP contribution is 2.36. The van der Waals surface area contributed by atoms with Crippen LogP contribution in [0.5, 0.6) is 5.75 Å². The summed E-state index contributed by atoms with van der Waals surface area (Å²) in [5.41, 5.74) is 2.23. The molecule has 0 N–H and O–H groups in total. The largest absolute Gasteiger partial charge is 0.496 e. The maximum atomic E-state index is 6.20. The topological polar surface area (TPSA) is 9.23 Å². The summed E-state index contributed by atoms with van der Waals surface area (Å²) in [5, 5.41) is 0.793. The van der Waals surface area contributed by atoms with E-state index < -0.39 is 0 Å². The molecule has 0 aliphatic rings. The molecule has 1 unspecified atom stereocenters. The van der Waals surface area contributed by atoms with Crippen molar-refractivity contribution in [3.8, 4) is 5.75 Å². The van der Waals surface area contributed by atoms with E-state index in [-0.39, 0.29) is 4.83 Å². The molecule has 0 fully saturated rings. The molecule has 19 heavy (non-hydrogen) atoms. The predicted molar refractivity (Wildman–Crippen MR) is 87.5 cm³/mol. The Hall–Kier alpha value is -0.510. The van der Waals surface area contributed by atoms with Gasteiger partial charge < -0.3 is 4.74 Å². The summed E-state index contributed by atoms with van der Waals surface area (Å²) in [6.07, 6.45) is 0.812. The zero-order valence-electron chi connectivity index (χ0n) is 10.4. The highest BCUT2D eigenvalue weighted by Gasteiger charge is 2.15. The average molecular weight is 405 g/mol. The van der Waals surface area contributed by atoms with Crippen LogP contribution in [0, 0.1) is 0 Å². The average Bonchev–Trinajstić information content (AvgIpc) is 2.41. The third-order valence-electron chi connectivity index (χ3n) is 2.89. The fraction of sp³-hybridized carbons (Fsp3) is 0.200. The second-order valence-electron chi connectivity index (χ2n) is 4.15. The van der Waals surface area contributed by atoms with E-state index in [1.54, 1.807) is 7.11 Å². The molecule has 4 heteroatoms. The van der Waals surface area contributed by atoms with Crippen LogP contribution in [0.1, 0.15) is 16.0 Å². The Morgan fingerprint density at radius 2 is 1.95 bits per heavy atom. The van der Waals surface area contributed by atoms with Gasteiger partial charge in [-0.25, -0.2) is 0 Å². The molecule has 0 aromatic heterocycles. The molecule has 1 nitrogen and oxygen atoms in total. The van der Waals surface area contributed by atoms with Gasteiger partial charge in [-0.1, -0.05) is 61.7 Å². The van der Waals surface area contributed by atoms with Gasteiger partial charge in [-0.15, -0.1) is 0 Å². The second kappa shape index (κ2) is 6.78. The summed E-state index contributed by atoms with van der Waals surface area (Å²) >= 11 is 13.4. The number of ether oxygens (including phenoxy) is 1. The van der Waals surface area contributed by atoms with Crippen molar-refractivity contribution in [1.29, 1.82) is 0 Å². The van der Waals surface area contributed by atoms with Crippen LogP contribution in [0.15, 0.2) is 46.9 Å². The van der Waals surface area contributed by atoms with Crippen molar-refractivity contribution in [1.82, 2.24) is 0 Å². The number of halogens is 3. The number of benzene rings is 2.